The van der Waals surface area contributed by atoms with E-state index in [0.717, 1.165) is 39.3 Å². The Bertz CT molecular complexity index is 596. The van der Waals surface area contributed by atoms with Gasteiger partial charge in [-0.1, -0.05) is 66.6 Å². The number of nitrogens with zero attached hydrogens (tertiary/aromatic N) is 1. The molecule has 1 fully saturated rings. The number of ether oxygens (including phenoxy) is 1. The number of hydrogen-bond acceptors (Lipinski definition) is 2. The van der Waals surface area contributed by atoms with Gasteiger partial charge in [0.1, 0.15) is 0 Å². The Hall–Kier alpha value is -2.08. The summed E-state index contributed by atoms with van der Waals surface area (Å²) in [5.41, 5.74) is 2.67. The van der Waals surface area contributed by atoms with E-state index in [1.54, 1.807) is 0 Å². The van der Waals surface area contributed by atoms with Crippen molar-refractivity contribution >= 4 is 0 Å². The van der Waals surface area contributed by atoms with Crippen LogP contribution in [0.4, 0.5) is 0 Å². The van der Waals surface area contributed by atoms with Gasteiger partial charge in [-0.05, 0) is 11.1 Å². The maximum absolute atomic E-state index is 5.37. The molecule has 0 aromatic heterocycles. The van der Waals surface area contributed by atoms with E-state index in [-0.39, 0.29) is 0 Å². The Morgan fingerprint density at radius 3 is 1.96 bits per heavy atom. The molecule has 0 unspecified atom stereocenters. The molecule has 2 aromatic carbocycles. The van der Waals surface area contributed by atoms with E-state index < -0.39 is 0 Å². The lowest BCUT2D eigenvalue weighted by molar-refractivity contribution is 0.0443. The summed E-state index contributed by atoms with van der Waals surface area (Å²) in [6.07, 6.45) is 0.859. The maximum atomic E-state index is 5.37. The van der Waals surface area contributed by atoms with Gasteiger partial charge in [0.05, 0.1) is 19.8 Å². The summed E-state index contributed by atoms with van der Waals surface area (Å²) >= 11 is 0. The van der Waals surface area contributed by atoms with E-state index in [9.17, 15) is 0 Å². The molecule has 0 radical (unpaired) electrons. The predicted octanol–water partition coefficient (Wildman–Crippen LogP) is 3.54. The summed E-state index contributed by atoms with van der Waals surface area (Å²) in [6.45, 7) is 4.50. The van der Waals surface area contributed by atoms with Crippen molar-refractivity contribution in [2.45, 2.75) is 12.3 Å². The minimum atomic E-state index is 0.342. The van der Waals surface area contributed by atoms with Crippen LogP contribution in [0.1, 0.15) is 23.5 Å². The second-order valence-electron chi connectivity index (χ2n) is 5.82. The van der Waals surface area contributed by atoms with Crippen molar-refractivity contribution < 1.29 is 4.74 Å². The van der Waals surface area contributed by atoms with Crippen LogP contribution in [0.15, 0.2) is 60.7 Å². The van der Waals surface area contributed by atoms with Crippen molar-refractivity contribution in [1.82, 2.24) is 4.90 Å². The Morgan fingerprint density at radius 2 is 1.39 bits per heavy atom. The van der Waals surface area contributed by atoms with Gasteiger partial charge in [-0.15, -0.1) is 5.92 Å². The molecule has 0 amide bonds. The summed E-state index contributed by atoms with van der Waals surface area (Å²) in [7, 11) is 0. The lowest BCUT2D eigenvalue weighted by Gasteiger charge is -2.24. The Labute approximate surface area is 139 Å². The second kappa shape index (κ2) is 8.53. The summed E-state index contributed by atoms with van der Waals surface area (Å²) < 4.78 is 5.37. The third-order valence-corrected chi connectivity index (χ3v) is 4.24. The largest absolute Gasteiger partial charge is 0.379 e. The average molecular weight is 305 g/mol. The molecule has 2 nitrogen and oxygen atoms in total. The van der Waals surface area contributed by atoms with E-state index in [2.05, 4.69) is 77.4 Å². The van der Waals surface area contributed by atoms with Crippen molar-refractivity contribution in [3.8, 4) is 11.8 Å². The van der Waals surface area contributed by atoms with Crippen molar-refractivity contribution in [3.63, 3.8) is 0 Å². The highest BCUT2D eigenvalue weighted by molar-refractivity contribution is 5.33. The fourth-order valence-electron chi connectivity index (χ4n) is 2.90. The first-order valence-corrected chi connectivity index (χ1v) is 8.29. The first kappa shape index (κ1) is 15.8. The van der Waals surface area contributed by atoms with Crippen molar-refractivity contribution in [2.24, 2.45) is 0 Å². The first-order chi connectivity index (χ1) is 11.4. The number of rotatable bonds is 4. The van der Waals surface area contributed by atoms with Gasteiger partial charge in [-0.2, -0.15) is 0 Å². The van der Waals surface area contributed by atoms with Crippen LogP contribution >= 0.6 is 0 Å². The van der Waals surface area contributed by atoms with Crippen molar-refractivity contribution in [3.05, 3.63) is 71.8 Å². The van der Waals surface area contributed by atoms with Crippen molar-refractivity contribution in [2.75, 3.05) is 32.8 Å². The Balaban J connectivity index is 1.67. The zero-order chi connectivity index (χ0) is 15.7. The number of morpholine rings is 1. The van der Waals surface area contributed by atoms with Gasteiger partial charge in [0.15, 0.2) is 0 Å². The van der Waals surface area contributed by atoms with Crippen LogP contribution < -0.4 is 0 Å². The van der Waals surface area contributed by atoms with E-state index >= 15 is 0 Å². The highest BCUT2D eigenvalue weighted by Gasteiger charge is 2.12. The highest BCUT2D eigenvalue weighted by atomic mass is 16.5. The van der Waals surface area contributed by atoms with Crippen LogP contribution in [-0.2, 0) is 4.74 Å². The van der Waals surface area contributed by atoms with E-state index in [1.807, 2.05) is 0 Å². The van der Waals surface area contributed by atoms with Crippen LogP contribution in [0.25, 0.3) is 0 Å². The highest BCUT2D eigenvalue weighted by Crippen LogP contribution is 2.27. The third-order valence-electron chi connectivity index (χ3n) is 4.24. The molecule has 0 atom stereocenters. The molecule has 2 heteroatoms. The predicted molar refractivity (Wildman–Crippen MR) is 94.4 cm³/mol. The molecule has 1 saturated heterocycles. The molecule has 1 aliphatic heterocycles. The second-order valence-corrected chi connectivity index (χ2v) is 5.82. The molecule has 0 N–H and O–H groups in total. The molecule has 0 aliphatic carbocycles. The summed E-state index contributed by atoms with van der Waals surface area (Å²) in [4.78, 5) is 2.36. The summed E-state index contributed by atoms with van der Waals surface area (Å²) in [5.74, 6) is 7.08. The normalized spacial score (nSPS) is 15.2. The molecule has 0 saturated carbocycles. The average Bonchev–Trinajstić information content (AvgIpc) is 2.64. The lowest BCUT2D eigenvalue weighted by atomic mass is 9.89. The van der Waals surface area contributed by atoms with Crippen molar-refractivity contribution in [1.29, 1.82) is 0 Å². The van der Waals surface area contributed by atoms with E-state index in [0.29, 0.717) is 5.92 Å². The zero-order valence-electron chi connectivity index (χ0n) is 13.4. The van der Waals surface area contributed by atoms with Crippen LogP contribution in [-0.4, -0.2) is 37.7 Å². The smallest absolute Gasteiger partial charge is 0.0603 e. The first-order valence-electron chi connectivity index (χ1n) is 8.29. The SMILES string of the molecule is C(#CCN1CCOCC1)CC(c1ccccc1)c1ccccc1. The fourth-order valence-corrected chi connectivity index (χ4v) is 2.90. The molecule has 0 bridgehead atoms. The molecule has 3 rings (SSSR count). The molecule has 23 heavy (non-hydrogen) atoms. The molecule has 1 heterocycles. The van der Waals surface area contributed by atoms with Gasteiger partial charge < -0.3 is 4.74 Å². The minimum absolute atomic E-state index is 0.342. The quantitative estimate of drug-likeness (QED) is 0.801. The zero-order valence-corrected chi connectivity index (χ0v) is 13.4. The topological polar surface area (TPSA) is 12.5 Å². The maximum Gasteiger partial charge on any atom is 0.0603 e. The van der Waals surface area contributed by atoms with Gasteiger partial charge >= 0.3 is 0 Å². The van der Waals surface area contributed by atoms with E-state index in [1.165, 1.54) is 11.1 Å². The third kappa shape index (κ3) is 4.69. The molecule has 1 aliphatic rings. The minimum Gasteiger partial charge on any atom is -0.379 e. The Morgan fingerprint density at radius 1 is 0.826 bits per heavy atom. The van der Waals surface area contributed by atoms with Gasteiger partial charge in [0, 0.05) is 25.4 Å². The standard InChI is InChI=1S/C21H23NO/c1-3-9-19(10-4-1)21(20-11-5-2-6-12-20)13-7-8-14-22-15-17-23-18-16-22/h1-6,9-12,21H,13-18H2. The molecular formula is C21H23NO. The molecule has 2 aromatic rings. The van der Waals surface area contributed by atoms with Gasteiger partial charge in [0.25, 0.3) is 0 Å². The van der Waals surface area contributed by atoms with Gasteiger partial charge in [-0.25, -0.2) is 0 Å². The van der Waals surface area contributed by atoms with Crippen LogP contribution in [0.5, 0.6) is 0 Å². The van der Waals surface area contributed by atoms with Crippen LogP contribution in [0.2, 0.25) is 0 Å². The summed E-state index contributed by atoms with van der Waals surface area (Å²) in [6, 6.07) is 21.3. The number of benzene rings is 2. The van der Waals surface area contributed by atoms with Gasteiger partial charge in [0.2, 0.25) is 0 Å². The fraction of sp³-hybridized carbons (Fsp3) is 0.333. The monoisotopic (exact) mass is 305 g/mol. The number of hydrogen-bond donors (Lipinski definition) is 0. The van der Waals surface area contributed by atoms with Gasteiger partial charge in [-0.3, -0.25) is 4.90 Å². The lowest BCUT2D eigenvalue weighted by Crippen LogP contribution is -2.36. The molecule has 0 spiro atoms. The Kier molecular flexibility index (Phi) is 5.86. The molecule has 118 valence electrons. The van der Waals surface area contributed by atoms with Crippen LogP contribution in [0, 0.1) is 11.8 Å². The van der Waals surface area contributed by atoms with E-state index in [4.69, 9.17) is 4.74 Å². The summed E-state index contributed by atoms with van der Waals surface area (Å²) in [5, 5.41) is 0. The molecular weight excluding hydrogens is 282 g/mol. The van der Waals surface area contributed by atoms with Crippen LogP contribution in [0.3, 0.4) is 0 Å².